The molecular weight excluding hydrogens is 272 g/mol. The molecule has 0 fully saturated rings. The molecule has 0 atom stereocenters. The van der Waals surface area contributed by atoms with Crippen LogP contribution in [0.1, 0.15) is 5.69 Å². The van der Waals surface area contributed by atoms with Gasteiger partial charge in [0.2, 0.25) is 0 Å². The van der Waals surface area contributed by atoms with E-state index in [1.807, 2.05) is 0 Å². The molecule has 0 radical (unpaired) electrons. The van der Waals surface area contributed by atoms with Crippen molar-refractivity contribution in [1.82, 2.24) is 4.98 Å². The van der Waals surface area contributed by atoms with Gasteiger partial charge in [0, 0.05) is 0 Å². The van der Waals surface area contributed by atoms with E-state index in [2.05, 4.69) is 20.9 Å². The predicted molar refractivity (Wildman–Crippen MR) is 46.4 cm³/mol. The molecule has 72 valence electrons. The Hall–Kier alpha value is -0.490. The van der Waals surface area contributed by atoms with Crippen LogP contribution in [-0.4, -0.2) is 4.98 Å². The van der Waals surface area contributed by atoms with E-state index in [4.69, 9.17) is 17.3 Å². The second-order valence-electron chi connectivity index (χ2n) is 2.18. The molecule has 0 amide bonds. The van der Waals surface area contributed by atoms with Crippen LogP contribution in [-0.2, 0) is 6.18 Å². The molecule has 1 aromatic rings. The predicted octanol–water partition coefficient (Wildman–Crippen LogP) is 3.10. The van der Waals surface area contributed by atoms with Crippen LogP contribution in [0, 0.1) is 0 Å². The van der Waals surface area contributed by atoms with E-state index >= 15 is 0 Å². The fraction of sp³-hybridized carbons (Fsp3) is 0.167. The van der Waals surface area contributed by atoms with Crippen molar-refractivity contribution >= 4 is 33.3 Å². The monoisotopic (exact) mass is 274 g/mol. The third-order valence-corrected chi connectivity index (χ3v) is 2.15. The molecule has 7 heteroatoms. The molecule has 1 aromatic heterocycles. The topological polar surface area (TPSA) is 38.9 Å². The molecule has 0 spiro atoms. The van der Waals surface area contributed by atoms with Crippen molar-refractivity contribution < 1.29 is 13.2 Å². The zero-order chi connectivity index (χ0) is 10.2. The highest BCUT2D eigenvalue weighted by Gasteiger charge is 2.35. The van der Waals surface area contributed by atoms with Crippen LogP contribution >= 0.6 is 27.5 Å². The van der Waals surface area contributed by atoms with E-state index in [-0.39, 0.29) is 10.3 Å². The quantitative estimate of drug-likeness (QED) is 0.790. The van der Waals surface area contributed by atoms with Crippen LogP contribution in [0.25, 0.3) is 0 Å². The van der Waals surface area contributed by atoms with E-state index in [1.165, 1.54) is 0 Å². The van der Waals surface area contributed by atoms with Crippen LogP contribution in [0.3, 0.4) is 0 Å². The first-order chi connectivity index (χ1) is 5.82. The fourth-order valence-electron chi connectivity index (χ4n) is 0.680. The molecule has 0 saturated carbocycles. The van der Waals surface area contributed by atoms with Crippen LogP contribution in [0.2, 0.25) is 5.02 Å². The number of halogens is 5. The summed E-state index contributed by atoms with van der Waals surface area (Å²) in [6.45, 7) is 0. The van der Waals surface area contributed by atoms with Crippen LogP contribution in [0.4, 0.5) is 19.0 Å². The molecule has 2 nitrogen and oxygen atoms in total. The Morgan fingerprint density at radius 3 is 2.46 bits per heavy atom. The first-order valence-electron chi connectivity index (χ1n) is 3.01. The number of pyridine rings is 1. The van der Waals surface area contributed by atoms with Gasteiger partial charge in [-0.2, -0.15) is 13.2 Å². The first kappa shape index (κ1) is 10.6. The summed E-state index contributed by atoms with van der Waals surface area (Å²) >= 11 is 8.23. The average Bonchev–Trinajstić information content (AvgIpc) is 1.94. The van der Waals surface area contributed by atoms with E-state index in [0.717, 1.165) is 6.07 Å². The summed E-state index contributed by atoms with van der Waals surface area (Å²) in [6, 6.07) is 1.06. The van der Waals surface area contributed by atoms with Gasteiger partial charge in [-0.15, -0.1) is 0 Å². The molecule has 0 aliphatic carbocycles. The average molecular weight is 275 g/mol. The summed E-state index contributed by atoms with van der Waals surface area (Å²) in [4.78, 5) is 3.12. The Morgan fingerprint density at radius 1 is 1.46 bits per heavy atom. The van der Waals surface area contributed by atoms with Crippen LogP contribution < -0.4 is 5.73 Å². The van der Waals surface area contributed by atoms with Gasteiger partial charge in [-0.3, -0.25) is 0 Å². The summed E-state index contributed by atoms with van der Waals surface area (Å²) in [5.41, 5.74) is 4.00. The number of nitrogens with zero attached hydrogens (tertiary/aromatic N) is 1. The summed E-state index contributed by atoms with van der Waals surface area (Å²) in [6.07, 6.45) is -4.58. The maximum Gasteiger partial charge on any atom is 0.434 e. The molecule has 0 unspecified atom stereocenters. The van der Waals surface area contributed by atoms with Crippen molar-refractivity contribution in [1.29, 1.82) is 0 Å². The molecule has 13 heavy (non-hydrogen) atoms. The van der Waals surface area contributed by atoms with Crippen LogP contribution in [0.15, 0.2) is 10.5 Å². The minimum absolute atomic E-state index is 0.239. The number of hydrogen-bond donors (Lipinski definition) is 1. The number of anilines is 1. The van der Waals surface area contributed by atoms with Crippen molar-refractivity contribution in [3.63, 3.8) is 0 Å². The summed E-state index contributed by atoms with van der Waals surface area (Å²) in [5.74, 6) is -0.239. The van der Waals surface area contributed by atoms with Crippen molar-refractivity contribution in [3.05, 3.63) is 21.3 Å². The maximum absolute atomic E-state index is 12.1. The minimum atomic E-state index is -4.58. The van der Waals surface area contributed by atoms with Crippen LogP contribution in [0.5, 0.6) is 0 Å². The molecular formula is C6H3BrClF3N2. The van der Waals surface area contributed by atoms with Crippen molar-refractivity contribution in [2.75, 3.05) is 5.73 Å². The lowest BCUT2D eigenvalue weighted by molar-refractivity contribution is -0.141. The number of rotatable bonds is 0. The van der Waals surface area contributed by atoms with Gasteiger partial charge >= 0.3 is 6.18 Å². The lowest BCUT2D eigenvalue weighted by Crippen LogP contribution is -2.10. The third kappa shape index (κ3) is 2.25. The number of nitrogens with two attached hydrogens (primary N) is 1. The van der Waals surface area contributed by atoms with E-state index in [0.29, 0.717) is 0 Å². The second-order valence-corrected chi connectivity index (χ2v) is 3.45. The molecule has 0 saturated heterocycles. The Morgan fingerprint density at radius 2 is 2.00 bits per heavy atom. The summed E-state index contributed by atoms with van der Waals surface area (Å²) in [7, 11) is 0. The van der Waals surface area contributed by atoms with Gasteiger partial charge in [0.1, 0.15) is 5.82 Å². The SMILES string of the molecule is Nc1nc(C(F)(F)F)c(Cl)cc1Br. The molecule has 2 N–H and O–H groups in total. The van der Waals surface area contributed by atoms with Gasteiger partial charge in [-0.1, -0.05) is 11.6 Å². The van der Waals surface area contributed by atoms with Gasteiger partial charge in [0.05, 0.1) is 9.50 Å². The van der Waals surface area contributed by atoms with E-state index < -0.39 is 16.9 Å². The number of nitrogen functional groups attached to an aromatic ring is 1. The van der Waals surface area contributed by atoms with Crippen molar-refractivity contribution in [3.8, 4) is 0 Å². The van der Waals surface area contributed by atoms with E-state index in [9.17, 15) is 13.2 Å². The highest BCUT2D eigenvalue weighted by Crippen LogP contribution is 2.35. The molecule has 0 bridgehead atoms. The highest BCUT2D eigenvalue weighted by atomic mass is 79.9. The first-order valence-corrected chi connectivity index (χ1v) is 4.18. The zero-order valence-corrected chi connectivity index (χ0v) is 8.33. The standard InChI is InChI=1S/C6H3BrClF3N2/c7-2-1-3(8)4(6(9,10)11)13-5(2)12/h1H,(H2,12,13). The highest BCUT2D eigenvalue weighted by molar-refractivity contribution is 9.10. The smallest absolute Gasteiger partial charge is 0.383 e. The molecule has 0 aromatic carbocycles. The molecule has 0 aliphatic rings. The fourth-order valence-corrected chi connectivity index (χ4v) is 1.39. The van der Waals surface area contributed by atoms with Gasteiger partial charge in [-0.05, 0) is 22.0 Å². The maximum atomic E-state index is 12.1. The van der Waals surface area contributed by atoms with Crippen molar-refractivity contribution in [2.24, 2.45) is 0 Å². The van der Waals surface area contributed by atoms with Gasteiger partial charge in [0.25, 0.3) is 0 Å². The summed E-state index contributed by atoms with van der Waals surface area (Å²) < 4.78 is 36.7. The zero-order valence-electron chi connectivity index (χ0n) is 5.99. The second kappa shape index (κ2) is 3.34. The number of aromatic nitrogens is 1. The Labute approximate surface area is 85.0 Å². The molecule has 1 heterocycles. The number of hydrogen-bond acceptors (Lipinski definition) is 2. The Bertz CT molecular complexity index is 339. The van der Waals surface area contributed by atoms with Gasteiger partial charge in [-0.25, -0.2) is 4.98 Å². The van der Waals surface area contributed by atoms with Crippen molar-refractivity contribution in [2.45, 2.75) is 6.18 Å². The third-order valence-electron chi connectivity index (χ3n) is 1.23. The van der Waals surface area contributed by atoms with Gasteiger partial charge < -0.3 is 5.73 Å². The normalized spacial score (nSPS) is 11.8. The molecule has 0 aliphatic heterocycles. The molecule has 1 rings (SSSR count). The Balaban J connectivity index is 3.32. The minimum Gasteiger partial charge on any atom is -0.383 e. The lowest BCUT2D eigenvalue weighted by atomic mass is 10.3. The largest absolute Gasteiger partial charge is 0.434 e. The lowest BCUT2D eigenvalue weighted by Gasteiger charge is -2.08. The van der Waals surface area contributed by atoms with E-state index in [1.54, 1.807) is 0 Å². The van der Waals surface area contributed by atoms with Gasteiger partial charge in [0.15, 0.2) is 5.69 Å². The summed E-state index contributed by atoms with van der Waals surface area (Å²) in [5, 5.41) is -0.478. The Kier molecular flexibility index (Phi) is 2.72. The number of alkyl halides is 3.